The molecule has 12 heteroatoms. The smallest absolute Gasteiger partial charge is 0.428 e. The number of carbonyl (C=O) groups excluding carboxylic acids is 2. The molecule has 0 heterocycles. The lowest BCUT2D eigenvalue weighted by atomic mass is 10.0. The van der Waals surface area contributed by atoms with Gasteiger partial charge in [-0.3, -0.25) is 14.7 Å². The average Bonchev–Trinajstić information content (AvgIpc) is 2.97. The Balaban J connectivity index is 2.47. The summed E-state index contributed by atoms with van der Waals surface area (Å²) >= 11 is 0. The Bertz CT molecular complexity index is 1140. The number of rotatable bonds is 17. The van der Waals surface area contributed by atoms with Crippen LogP contribution in [0, 0.1) is 5.92 Å². The van der Waals surface area contributed by atoms with E-state index in [1.54, 1.807) is 20.8 Å². The molecule has 2 N–H and O–H groups in total. The molecule has 0 radical (unpaired) electrons. The van der Waals surface area contributed by atoms with Crippen LogP contribution in [-0.4, -0.2) is 56.0 Å². The molecule has 1 amide bonds. The molecule has 11 nitrogen and oxygen atoms in total. The molecular weight excluding hydrogens is 549 g/mol. The molecule has 41 heavy (non-hydrogen) atoms. The van der Waals surface area contributed by atoms with E-state index in [9.17, 15) is 14.2 Å². The number of amides is 1. The third-order valence-corrected chi connectivity index (χ3v) is 8.20. The van der Waals surface area contributed by atoms with Gasteiger partial charge >= 0.3 is 19.7 Å². The summed E-state index contributed by atoms with van der Waals surface area (Å²) < 4.78 is 42.0. The number of esters is 1. The van der Waals surface area contributed by atoms with Gasteiger partial charge in [-0.15, -0.1) is 0 Å². The largest absolute Gasteiger partial charge is 0.468 e. The Kier molecular flexibility index (Phi) is 14.7. The van der Waals surface area contributed by atoms with Gasteiger partial charge in [-0.05, 0) is 37.8 Å². The van der Waals surface area contributed by atoms with Crippen LogP contribution in [0.15, 0.2) is 65.8 Å². The lowest BCUT2D eigenvalue weighted by molar-refractivity contribution is -0.144. The van der Waals surface area contributed by atoms with Crippen molar-refractivity contribution < 1.29 is 37.4 Å². The summed E-state index contributed by atoms with van der Waals surface area (Å²) in [5.74, 6) is -2.13. The summed E-state index contributed by atoms with van der Waals surface area (Å²) in [6.07, 6.45) is -1.65. The van der Waals surface area contributed by atoms with E-state index < -0.39 is 37.6 Å². The summed E-state index contributed by atoms with van der Waals surface area (Å²) in [4.78, 5) is 25.3. The van der Waals surface area contributed by atoms with Gasteiger partial charge in [0.15, 0.2) is 5.78 Å². The highest BCUT2D eigenvalue weighted by Gasteiger charge is 2.44. The maximum Gasteiger partial charge on any atom is 0.428 e. The fourth-order valence-corrected chi connectivity index (χ4v) is 5.86. The van der Waals surface area contributed by atoms with E-state index in [4.69, 9.17) is 23.3 Å². The predicted molar refractivity (Wildman–Crippen MR) is 156 cm³/mol. The van der Waals surface area contributed by atoms with Crippen molar-refractivity contribution in [3.8, 4) is 0 Å². The van der Waals surface area contributed by atoms with E-state index in [2.05, 4.69) is 15.8 Å². The van der Waals surface area contributed by atoms with Gasteiger partial charge in [-0.1, -0.05) is 74.5 Å². The fourth-order valence-electron chi connectivity index (χ4n) is 3.84. The van der Waals surface area contributed by atoms with E-state index >= 15 is 0 Å². The van der Waals surface area contributed by atoms with Crippen LogP contribution in [-0.2, 0) is 45.8 Å². The van der Waals surface area contributed by atoms with E-state index in [1.807, 2.05) is 74.5 Å². The number of nitrogens with one attached hydrogen (secondary N) is 2. The number of carbonyl (C=O) groups is 2. The first-order chi connectivity index (χ1) is 19.6. The van der Waals surface area contributed by atoms with Gasteiger partial charge in [0, 0.05) is 0 Å². The highest BCUT2D eigenvalue weighted by atomic mass is 31.2. The molecule has 0 aliphatic carbocycles. The molecule has 226 valence electrons. The first-order valence-corrected chi connectivity index (χ1v) is 15.2. The maximum absolute atomic E-state index is 14.2. The second kappa shape index (κ2) is 17.7. The zero-order valence-corrected chi connectivity index (χ0v) is 25.5. The molecule has 0 bridgehead atoms. The van der Waals surface area contributed by atoms with Gasteiger partial charge in [-0.2, -0.15) is 5.10 Å². The summed E-state index contributed by atoms with van der Waals surface area (Å²) in [5, 5.41) is 7.38. The second-order valence-electron chi connectivity index (χ2n) is 9.34. The SMILES string of the molecule is CCOP(=O)(OCC)C(N[C@@H](C(=O)OC)C(C)C)/C(=N\NC(=O)OCc1ccccc1)[C@H](C)OCc1ccccc1. The molecule has 1 unspecified atom stereocenters. The molecule has 0 saturated heterocycles. The number of nitrogens with zero attached hydrogens (tertiary/aromatic N) is 1. The Morgan fingerprint density at radius 2 is 1.41 bits per heavy atom. The van der Waals surface area contributed by atoms with Crippen LogP contribution < -0.4 is 10.7 Å². The number of benzene rings is 2. The van der Waals surface area contributed by atoms with Crippen molar-refractivity contribution in [2.45, 2.75) is 65.8 Å². The molecule has 2 aromatic rings. The van der Waals surface area contributed by atoms with Gasteiger partial charge in [0.2, 0.25) is 0 Å². The van der Waals surface area contributed by atoms with Crippen molar-refractivity contribution in [3.63, 3.8) is 0 Å². The van der Waals surface area contributed by atoms with E-state index in [1.165, 1.54) is 7.11 Å². The van der Waals surface area contributed by atoms with E-state index in [0.717, 1.165) is 11.1 Å². The van der Waals surface area contributed by atoms with Crippen molar-refractivity contribution in [2.75, 3.05) is 20.3 Å². The quantitative estimate of drug-likeness (QED) is 0.109. The van der Waals surface area contributed by atoms with Crippen LogP contribution in [0.3, 0.4) is 0 Å². The molecule has 0 saturated carbocycles. The van der Waals surface area contributed by atoms with Crippen molar-refractivity contribution in [1.29, 1.82) is 0 Å². The summed E-state index contributed by atoms with van der Waals surface area (Å²) in [6.45, 7) is 8.99. The summed E-state index contributed by atoms with van der Waals surface area (Å²) in [6, 6.07) is 17.7. The lowest BCUT2D eigenvalue weighted by Crippen LogP contribution is -2.53. The third kappa shape index (κ3) is 11.0. The predicted octanol–water partition coefficient (Wildman–Crippen LogP) is 5.25. The highest BCUT2D eigenvalue weighted by molar-refractivity contribution is 7.55. The van der Waals surface area contributed by atoms with Crippen LogP contribution in [0.5, 0.6) is 0 Å². The number of ether oxygens (including phenoxy) is 3. The minimum absolute atomic E-state index is 0.0212. The minimum Gasteiger partial charge on any atom is -0.468 e. The van der Waals surface area contributed by atoms with Gasteiger partial charge in [0.1, 0.15) is 12.6 Å². The monoisotopic (exact) mass is 591 g/mol. The highest BCUT2D eigenvalue weighted by Crippen LogP contribution is 2.53. The van der Waals surface area contributed by atoms with E-state index in [-0.39, 0.29) is 38.1 Å². The standard InChI is InChI=1S/C29H42N3O8P/c1-7-39-41(35,40-8-2)27(30-25(21(3)4)28(33)36-6)26(22(5)37-19-23-15-11-9-12-16-23)31-32-29(34)38-20-24-17-13-10-14-18-24/h9-18,21-22,25,27,30H,7-8,19-20H2,1-6H3,(H,32,34)/b31-26-/t22-,25+,27?/m0/s1. The van der Waals surface area contributed by atoms with Crippen LogP contribution in [0.25, 0.3) is 0 Å². The first-order valence-electron chi connectivity index (χ1n) is 13.6. The van der Waals surface area contributed by atoms with Gasteiger partial charge in [-0.25, -0.2) is 10.2 Å². The molecule has 0 aliphatic heterocycles. The Morgan fingerprint density at radius 1 is 0.878 bits per heavy atom. The van der Waals surface area contributed by atoms with Crippen LogP contribution in [0.2, 0.25) is 0 Å². The molecule has 3 atom stereocenters. The van der Waals surface area contributed by atoms with Gasteiger partial charge in [0.25, 0.3) is 0 Å². The number of hydrogen-bond acceptors (Lipinski definition) is 10. The zero-order chi connectivity index (χ0) is 30.3. The Morgan fingerprint density at radius 3 is 1.90 bits per heavy atom. The molecular formula is C29H42N3O8P. The molecule has 0 aromatic heterocycles. The first kappa shape index (κ1) is 34.1. The van der Waals surface area contributed by atoms with Gasteiger partial charge in [0.05, 0.1) is 38.7 Å². The van der Waals surface area contributed by atoms with E-state index in [0.29, 0.717) is 0 Å². The second-order valence-corrected chi connectivity index (χ2v) is 11.5. The molecule has 0 aliphatic rings. The number of hydrazone groups is 1. The third-order valence-electron chi connectivity index (χ3n) is 5.92. The summed E-state index contributed by atoms with van der Waals surface area (Å²) in [5.41, 5.74) is 4.14. The molecule has 2 aromatic carbocycles. The zero-order valence-electron chi connectivity index (χ0n) is 24.6. The van der Waals surface area contributed by atoms with Crippen molar-refractivity contribution in [1.82, 2.24) is 10.7 Å². The normalized spacial score (nSPS) is 14.3. The molecule has 0 spiro atoms. The molecule has 2 rings (SSSR count). The molecule has 0 fully saturated rings. The topological polar surface area (TPSA) is 134 Å². The van der Waals surface area contributed by atoms with Crippen LogP contribution in [0.1, 0.15) is 45.7 Å². The Hall–Kier alpha value is -3.08. The average molecular weight is 592 g/mol. The maximum atomic E-state index is 14.2. The van der Waals surface area contributed by atoms with Crippen molar-refractivity contribution in [3.05, 3.63) is 71.8 Å². The summed E-state index contributed by atoms with van der Waals surface area (Å²) in [7, 11) is -2.76. The van der Waals surface area contributed by atoms with Crippen molar-refractivity contribution >= 4 is 25.4 Å². The van der Waals surface area contributed by atoms with Crippen LogP contribution >= 0.6 is 7.60 Å². The Labute approximate surface area is 242 Å². The van der Waals surface area contributed by atoms with Crippen LogP contribution in [0.4, 0.5) is 4.79 Å². The minimum atomic E-state index is -4.02. The number of hydrogen-bond donors (Lipinski definition) is 2. The lowest BCUT2D eigenvalue weighted by Gasteiger charge is -2.33. The fraction of sp³-hybridized carbons (Fsp3) is 0.483. The van der Waals surface area contributed by atoms with Crippen molar-refractivity contribution in [2.24, 2.45) is 11.0 Å². The number of methoxy groups -OCH3 is 1. The van der Waals surface area contributed by atoms with Gasteiger partial charge < -0.3 is 23.3 Å².